The molecule has 3 nitrogen and oxygen atoms in total. The summed E-state index contributed by atoms with van der Waals surface area (Å²) in [4.78, 5) is 0. The second-order valence-electron chi connectivity index (χ2n) is 6.31. The Balaban J connectivity index is 1.47. The van der Waals surface area contributed by atoms with Gasteiger partial charge in [0.2, 0.25) is 0 Å². The highest BCUT2D eigenvalue weighted by molar-refractivity contribution is 5.48. The molecule has 1 N–H and O–H groups in total. The van der Waals surface area contributed by atoms with E-state index in [1.54, 1.807) is 0 Å². The Bertz CT molecular complexity index is 831. The molecule has 0 amide bonds. The third kappa shape index (κ3) is 5.28. The summed E-state index contributed by atoms with van der Waals surface area (Å²) in [6.07, 6.45) is 0. The largest absolute Gasteiger partial charge is 0.490 e. The van der Waals surface area contributed by atoms with Gasteiger partial charge < -0.3 is 14.8 Å². The number of anilines is 1. The van der Waals surface area contributed by atoms with Crippen molar-refractivity contribution in [3.05, 3.63) is 89.5 Å². The minimum atomic E-state index is 0.517. The van der Waals surface area contributed by atoms with E-state index in [9.17, 15) is 0 Å². The highest BCUT2D eigenvalue weighted by atomic mass is 16.5. The Morgan fingerprint density at radius 2 is 1.42 bits per heavy atom. The van der Waals surface area contributed by atoms with Crippen molar-refractivity contribution >= 4 is 5.69 Å². The van der Waals surface area contributed by atoms with Crippen molar-refractivity contribution in [1.29, 1.82) is 0 Å². The Morgan fingerprint density at radius 1 is 0.692 bits per heavy atom. The van der Waals surface area contributed by atoms with E-state index in [2.05, 4.69) is 49.5 Å². The molecule has 0 unspecified atom stereocenters. The van der Waals surface area contributed by atoms with Gasteiger partial charge in [-0.25, -0.2) is 0 Å². The second-order valence-corrected chi connectivity index (χ2v) is 6.31. The van der Waals surface area contributed by atoms with Crippen LogP contribution in [0.2, 0.25) is 0 Å². The predicted octanol–water partition coefficient (Wildman–Crippen LogP) is 5.37. The average molecular weight is 347 g/mol. The lowest BCUT2D eigenvalue weighted by Crippen LogP contribution is -2.09. The summed E-state index contributed by atoms with van der Waals surface area (Å²) in [5, 5.41) is 3.46. The van der Waals surface area contributed by atoms with Gasteiger partial charge in [0.05, 0.1) is 0 Å². The van der Waals surface area contributed by atoms with Gasteiger partial charge in [-0.3, -0.25) is 0 Å². The van der Waals surface area contributed by atoms with Crippen molar-refractivity contribution in [1.82, 2.24) is 0 Å². The van der Waals surface area contributed by atoms with Crippen molar-refractivity contribution in [3.8, 4) is 11.5 Å². The zero-order valence-electron chi connectivity index (χ0n) is 15.4. The molecule has 0 saturated heterocycles. The van der Waals surface area contributed by atoms with Crippen LogP contribution in [0.15, 0.2) is 72.8 Å². The van der Waals surface area contributed by atoms with E-state index in [-0.39, 0.29) is 0 Å². The standard InChI is InChI=1S/C23H25NO2/c1-18-11-12-21(15-19(18)2)24-17-20-7-6-10-23(16-20)26-14-13-25-22-8-4-3-5-9-22/h3-12,15-16,24H,13-14,17H2,1-2H3. The lowest BCUT2D eigenvalue weighted by atomic mass is 10.1. The van der Waals surface area contributed by atoms with Crippen molar-refractivity contribution in [2.75, 3.05) is 18.5 Å². The third-order valence-corrected chi connectivity index (χ3v) is 4.27. The zero-order valence-corrected chi connectivity index (χ0v) is 15.4. The Labute approximate surface area is 155 Å². The van der Waals surface area contributed by atoms with E-state index in [1.807, 2.05) is 42.5 Å². The first-order valence-electron chi connectivity index (χ1n) is 8.91. The number of aryl methyl sites for hydroxylation is 2. The number of hydrogen-bond acceptors (Lipinski definition) is 3. The molecule has 0 radical (unpaired) electrons. The molecular weight excluding hydrogens is 322 g/mol. The van der Waals surface area contributed by atoms with Crippen LogP contribution in [0.1, 0.15) is 16.7 Å². The molecular formula is C23H25NO2. The fourth-order valence-electron chi connectivity index (χ4n) is 2.64. The van der Waals surface area contributed by atoms with Crippen LogP contribution in [-0.2, 0) is 6.54 Å². The van der Waals surface area contributed by atoms with E-state index in [0.29, 0.717) is 13.2 Å². The first-order valence-corrected chi connectivity index (χ1v) is 8.91. The van der Waals surface area contributed by atoms with Crippen LogP contribution >= 0.6 is 0 Å². The Morgan fingerprint density at radius 3 is 2.19 bits per heavy atom. The molecule has 0 aromatic heterocycles. The molecule has 134 valence electrons. The molecule has 3 aromatic rings. The average Bonchev–Trinajstić information content (AvgIpc) is 2.67. The Kier molecular flexibility index (Phi) is 6.15. The van der Waals surface area contributed by atoms with Crippen molar-refractivity contribution in [2.45, 2.75) is 20.4 Å². The highest BCUT2D eigenvalue weighted by Crippen LogP contribution is 2.18. The van der Waals surface area contributed by atoms with Gasteiger partial charge in [0.1, 0.15) is 24.7 Å². The van der Waals surface area contributed by atoms with Crippen molar-refractivity contribution in [2.24, 2.45) is 0 Å². The third-order valence-electron chi connectivity index (χ3n) is 4.27. The minimum Gasteiger partial charge on any atom is -0.490 e. The van der Waals surface area contributed by atoms with Gasteiger partial charge in [0.25, 0.3) is 0 Å². The quantitative estimate of drug-likeness (QED) is 0.555. The van der Waals surface area contributed by atoms with Gasteiger partial charge >= 0.3 is 0 Å². The SMILES string of the molecule is Cc1ccc(NCc2cccc(OCCOc3ccccc3)c2)cc1C. The molecule has 0 heterocycles. The summed E-state index contributed by atoms with van der Waals surface area (Å²) >= 11 is 0. The van der Waals surface area contributed by atoms with Crippen LogP contribution in [-0.4, -0.2) is 13.2 Å². The van der Waals surface area contributed by atoms with Gasteiger partial charge in [-0.15, -0.1) is 0 Å². The van der Waals surface area contributed by atoms with E-state index in [0.717, 1.165) is 23.7 Å². The number of para-hydroxylation sites is 1. The van der Waals surface area contributed by atoms with E-state index in [1.165, 1.54) is 16.7 Å². The van der Waals surface area contributed by atoms with E-state index in [4.69, 9.17) is 9.47 Å². The summed E-state index contributed by atoms with van der Waals surface area (Å²) < 4.78 is 11.4. The summed E-state index contributed by atoms with van der Waals surface area (Å²) in [5.74, 6) is 1.73. The predicted molar refractivity (Wildman–Crippen MR) is 107 cm³/mol. The number of ether oxygens (including phenoxy) is 2. The molecule has 0 aliphatic rings. The number of rotatable bonds is 8. The molecule has 26 heavy (non-hydrogen) atoms. The van der Waals surface area contributed by atoms with Gasteiger partial charge in [0, 0.05) is 12.2 Å². The normalized spacial score (nSPS) is 10.4. The van der Waals surface area contributed by atoms with Gasteiger partial charge in [-0.05, 0) is 66.9 Å². The van der Waals surface area contributed by atoms with E-state index >= 15 is 0 Å². The lowest BCUT2D eigenvalue weighted by molar-refractivity contribution is 0.217. The zero-order chi connectivity index (χ0) is 18.2. The molecule has 0 saturated carbocycles. The maximum absolute atomic E-state index is 5.80. The summed E-state index contributed by atoms with van der Waals surface area (Å²) in [6.45, 7) is 6.06. The smallest absolute Gasteiger partial charge is 0.122 e. The van der Waals surface area contributed by atoms with Gasteiger partial charge in [-0.1, -0.05) is 36.4 Å². The first-order chi connectivity index (χ1) is 12.7. The highest BCUT2D eigenvalue weighted by Gasteiger charge is 2.00. The van der Waals surface area contributed by atoms with Crippen LogP contribution in [0, 0.1) is 13.8 Å². The molecule has 0 aliphatic carbocycles. The molecule has 0 aliphatic heterocycles. The summed E-state index contributed by atoms with van der Waals surface area (Å²) in [7, 11) is 0. The van der Waals surface area contributed by atoms with Crippen molar-refractivity contribution in [3.63, 3.8) is 0 Å². The fourth-order valence-corrected chi connectivity index (χ4v) is 2.64. The van der Waals surface area contributed by atoms with Crippen LogP contribution < -0.4 is 14.8 Å². The summed E-state index contributed by atoms with van der Waals surface area (Å²) in [5.41, 5.74) is 4.93. The molecule has 0 fully saturated rings. The first kappa shape index (κ1) is 17.9. The van der Waals surface area contributed by atoms with Crippen LogP contribution in [0.4, 0.5) is 5.69 Å². The van der Waals surface area contributed by atoms with Crippen LogP contribution in [0.25, 0.3) is 0 Å². The molecule has 0 bridgehead atoms. The molecule has 0 atom stereocenters. The maximum Gasteiger partial charge on any atom is 0.122 e. The second kappa shape index (κ2) is 8.95. The van der Waals surface area contributed by atoms with E-state index < -0.39 is 0 Å². The maximum atomic E-state index is 5.80. The molecule has 3 heteroatoms. The molecule has 0 spiro atoms. The summed E-state index contributed by atoms with van der Waals surface area (Å²) in [6, 6.07) is 24.4. The molecule has 3 rings (SSSR count). The van der Waals surface area contributed by atoms with Crippen LogP contribution in [0.5, 0.6) is 11.5 Å². The van der Waals surface area contributed by atoms with Crippen molar-refractivity contribution < 1.29 is 9.47 Å². The fraction of sp³-hybridized carbons (Fsp3) is 0.217. The Hall–Kier alpha value is -2.94. The topological polar surface area (TPSA) is 30.5 Å². The monoisotopic (exact) mass is 347 g/mol. The molecule has 3 aromatic carbocycles. The minimum absolute atomic E-state index is 0.517. The number of benzene rings is 3. The van der Waals surface area contributed by atoms with Crippen LogP contribution in [0.3, 0.4) is 0 Å². The van der Waals surface area contributed by atoms with Gasteiger partial charge in [-0.2, -0.15) is 0 Å². The number of hydrogen-bond donors (Lipinski definition) is 1. The lowest BCUT2D eigenvalue weighted by Gasteiger charge is -2.11. The van der Waals surface area contributed by atoms with Gasteiger partial charge in [0.15, 0.2) is 0 Å². The number of nitrogens with one attached hydrogen (secondary N) is 1.